The fraction of sp³-hybridized carbons (Fsp3) is 0.583. The van der Waals surface area contributed by atoms with Crippen molar-refractivity contribution in [2.75, 3.05) is 39.8 Å². The lowest BCUT2D eigenvalue weighted by Gasteiger charge is -2.27. The first-order valence-corrected chi connectivity index (χ1v) is 5.80. The van der Waals surface area contributed by atoms with Crippen LogP contribution in [0.4, 0.5) is 0 Å². The lowest BCUT2D eigenvalue weighted by atomic mass is 10.2. The van der Waals surface area contributed by atoms with E-state index in [1.54, 1.807) is 7.11 Å². The minimum atomic E-state index is 0.706. The first-order chi connectivity index (χ1) is 7.88. The van der Waals surface area contributed by atoms with Crippen molar-refractivity contribution in [1.29, 1.82) is 0 Å². The molecule has 1 fully saturated rings. The highest BCUT2D eigenvalue weighted by Gasteiger charge is 2.09. The summed E-state index contributed by atoms with van der Waals surface area (Å²) in [4.78, 5) is 6.60. The van der Waals surface area contributed by atoms with Crippen LogP contribution < -0.4 is 10.1 Å². The van der Waals surface area contributed by atoms with Crippen molar-refractivity contribution in [3.05, 3.63) is 23.9 Å². The Morgan fingerprint density at radius 1 is 1.44 bits per heavy atom. The fourth-order valence-electron chi connectivity index (χ4n) is 1.94. The second-order valence-electron chi connectivity index (χ2n) is 4.05. The molecule has 1 aromatic heterocycles. The number of hydrogen-bond acceptors (Lipinski definition) is 4. The van der Waals surface area contributed by atoms with E-state index >= 15 is 0 Å². The average Bonchev–Trinajstić information content (AvgIpc) is 2.38. The van der Waals surface area contributed by atoms with Gasteiger partial charge in [0.25, 0.3) is 0 Å². The third kappa shape index (κ3) is 3.18. The van der Waals surface area contributed by atoms with Crippen LogP contribution in [0.3, 0.4) is 0 Å². The monoisotopic (exact) mass is 221 g/mol. The summed E-state index contributed by atoms with van der Waals surface area (Å²) in [7, 11) is 1.66. The maximum absolute atomic E-state index is 5.11. The fourth-order valence-corrected chi connectivity index (χ4v) is 1.94. The molecule has 0 aliphatic carbocycles. The minimum Gasteiger partial charge on any atom is -0.481 e. The molecular weight excluding hydrogens is 202 g/mol. The number of nitrogens with one attached hydrogen (secondary N) is 1. The number of piperazine rings is 1. The Morgan fingerprint density at radius 3 is 3.00 bits per heavy atom. The molecule has 0 spiro atoms. The quantitative estimate of drug-likeness (QED) is 0.805. The molecule has 0 unspecified atom stereocenters. The van der Waals surface area contributed by atoms with Crippen molar-refractivity contribution in [1.82, 2.24) is 15.2 Å². The molecule has 16 heavy (non-hydrogen) atoms. The number of rotatable bonds is 4. The van der Waals surface area contributed by atoms with E-state index < -0.39 is 0 Å². The third-order valence-corrected chi connectivity index (χ3v) is 2.93. The summed E-state index contributed by atoms with van der Waals surface area (Å²) < 4.78 is 5.11. The van der Waals surface area contributed by atoms with E-state index in [1.165, 1.54) is 5.56 Å². The molecule has 0 atom stereocenters. The van der Waals surface area contributed by atoms with Crippen LogP contribution >= 0.6 is 0 Å². The van der Waals surface area contributed by atoms with Gasteiger partial charge in [-0.25, -0.2) is 4.98 Å². The molecule has 1 saturated heterocycles. The summed E-state index contributed by atoms with van der Waals surface area (Å²) in [5.41, 5.74) is 1.30. The van der Waals surface area contributed by atoms with Gasteiger partial charge < -0.3 is 15.0 Å². The highest BCUT2D eigenvalue weighted by atomic mass is 16.5. The van der Waals surface area contributed by atoms with Gasteiger partial charge in [0.05, 0.1) is 7.11 Å². The van der Waals surface area contributed by atoms with Crippen LogP contribution in [0.1, 0.15) is 5.56 Å². The molecule has 2 rings (SSSR count). The van der Waals surface area contributed by atoms with E-state index in [4.69, 9.17) is 4.74 Å². The molecule has 88 valence electrons. The smallest absolute Gasteiger partial charge is 0.213 e. The molecule has 0 bridgehead atoms. The van der Waals surface area contributed by atoms with Gasteiger partial charge in [0, 0.05) is 45.0 Å². The van der Waals surface area contributed by atoms with Gasteiger partial charge in [-0.2, -0.15) is 0 Å². The Morgan fingerprint density at radius 2 is 2.25 bits per heavy atom. The lowest BCUT2D eigenvalue weighted by molar-refractivity contribution is 0.244. The highest BCUT2D eigenvalue weighted by Crippen LogP contribution is 2.09. The predicted molar refractivity (Wildman–Crippen MR) is 63.8 cm³/mol. The van der Waals surface area contributed by atoms with E-state index in [0.717, 1.165) is 39.1 Å². The molecular formula is C12H19N3O. The van der Waals surface area contributed by atoms with Gasteiger partial charge in [-0.3, -0.25) is 0 Å². The van der Waals surface area contributed by atoms with Crippen LogP contribution in [0.2, 0.25) is 0 Å². The van der Waals surface area contributed by atoms with Gasteiger partial charge >= 0.3 is 0 Å². The first kappa shape index (κ1) is 11.4. The van der Waals surface area contributed by atoms with Crippen LogP contribution in [-0.4, -0.2) is 49.7 Å². The van der Waals surface area contributed by atoms with Crippen molar-refractivity contribution in [3.63, 3.8) is 0 Å². The summed E-state index contributed by atoms with van der Waals surface area (Å²) in [6.45, 7) is 5.65. The molecule has 4 heteroatoms. The Labute approximate surface area is 96.6 Å². The Balaban J connectivity index is 1.83. The second kappa shape index (κ2) is 5.82. The second-order valence-corrected chi connectivity index (χ2v) is 4.05. The van der Waals surface area contributed by atoms with E-state index in [0.29, 0.717) is 5.88 Å². The molecule has 1 N–H and O–H groups in total. The normalized spacial score (nSPS) is 17.3. The van der Waals surface area contributed by atoms with Gasteiger partial charge in [-0.15, -0.1) is 0 Å². The summed E-state index contributed by atoms with van der Waals surface area (Å²) in [6, 6.07) is 4.08. The number of aromatic nitrogens is 1. The van der Waals surface area contributed by atoms with Crippen LogP contribution in [0.5, 0.6) is 5.88 Å². The molecule has 0 amide bonds. The molecule has 4 nitrogen and oxygen atoms in total. The molecule has 1 aliphatic rings. The Bertz CT molecular complexity index is 324. The van der Waals surface area contributed by atoms with Gasteiger partial charge in [-0.05, 0) is 18.1 Å². The number of ether oxygens (including phenoxy) is 1. The van der Waals surface area contributed by atoms with E-state index in [1.807, 2.05) is 12.3 Å². The van der Waals surface area contributed by atoms with E-state index in [2.05, 4.69) is 21.3 Å². The summed E-state index contributed by atoms with van der Waals surface area (Å²) in [5.74, 6) is 0.706. The standard InChI is InChI=1S/C12H19N3O/c1-16-12-10-11(2-4-14-12)3-7-15-8-5-13-6-9-15/h2,4,10,13H,3,5-9H2,1H3. The van der Waals surface area contributed by atoms with Crippen molar-refractivity contribution in [2.24, 2.45) is 0 Å². The predicted octanol–water partition coefficient (Wildman–Crippen LogP) is 0.538. The van der Waals surface area contributed by atoms with Gasteiger partial charge in [0.1, 0.15) is 0 Å². The topological polar surface area (TPSA) is 37.4 Å². The Kier molecular flexibility index (Phi) is 4.13. The van der Waals surface area contributed by atoms with E-state index in [9.17, 15) is 0 Å². The molecule has 0 saturated carbocycles. The van der Waals surface area contributed by atoms with Gasteiger partial charge in [-0.1, -0.05) is 0 Å². The maximum Gasteiger partial charge on any atom is 0.213 e. The Hall–Kier alpha value is -1.13. The maximum atomic E-state index is 5.11. The third-order valence-electron chi connectivity index (χ3n) is 2.93. The highest BCUT2D eigenvalue weighted by molar-refractivity contribution is 5.20. The molecule has 2 heterocycles. The van der Waals surface area contributed by atoms with Crippen molar-refractivity contribution in [3.8, 4) is 5.88 Å². The zero-order valence-corrected chi connectivity index (χ0v) is 9.78. The summed E-state index contributed by atoms with van der Waals surface area (Å²) in [6.07, 6.45) is 2.88. The number of nitrogens with zero attached hydrogens (tertiary/aromatic N) is 2. The van der Waals surface area contributed by atoms with Crippen LogP contribution in [0, 0.1) is 0 Å². The van der Waals surface area contributed by atoms with Crippen molar-refractivity contribution < 1.29 is 4.74 Å². The largest absolute Gasteiger partial charge is 0.481 e. The number of methoxy groups -OCH3 is 1. The minimum absolute atomic E-state index is 0.706. The molecule has 1 aromatic rings. The molecule has 1 aliphatic heterocycles. The molecule has 0 aromatic carbocycles. The summed E-state index contributed by atoms with van der Waals surface area (Å²) in [5, 5.41) is 3.36. The lowest BCUT2D eigenvalue weighted by Crippen LogP contribution is -2.44. The van der Waals surface area contributed by atoms with Gasteiger partial charge in [0.15, 0.2) is 0 Å². The van der Waals surface area contributed by atoms with Crippen LogP contribution in [0.25, 0.3) is 0 Å². The molecule has 0 radical (unpaired) electrons. The van der Waals surface area contributed by atoms with Gasteiger partial charge in [0.2, 0.25) is 5.88 Å². The van der Waals surface area contributed by atoms with Crippen molar-refractivity contribution >= 4 is 0 Å². The number of hydrogen-bond donors (Lipinski definition) is 1. The van der Waals surface area contributed by atoms with E-state index in [-0.39, 0.29) is 0 Å². The van der Waals surface area contributed by atoms with Crippen LogP contribution in [-0.2, 0) is 6.42 Å². The first-order valence-electron chi connectivity index (χ1n) is 5.80. The zero-order chi connectivity index (χ0) is 11.2. The number of pyridine rings is 1. The average molecular weight is 221 g/mol. The zero-order valence-electron chi connectivity index (χ0n) is 9.78. The SMILES string of the molecule is COc1cc(CCN2CCNCC2)ccn1. The van der Waals surface area contributed by atoms with Crippen molar-refractivity contribution in [2.45, 2.75) is 6.42 Å². The summed E-state index contributed by atoms with van der Waals surface area (Å²) >= 11 is 0. The van der Waals surface area contributed by atoms with Crippen LogP contribution in [0.15, 0.2) is 18.3 Å².